The Hall–Kier alpha value is -5.39. The van der Waals surface area contributed by atoms with E-state index in [2.05, 4.69) is 144 Å². The van der Waals surface area contributed by atoms with Crippen molar-refractivity contribution in [1.82, 2.24) is 9.97 Å². The molecule has 3 nitrogen and oxygen atoms in total. The molecule has 3 aromatic heterocycles. The third-order valence-electron chi connectivity index (χ3n) is 10.4. The van der Waals surface area contributed by atoms with Gasteiger partial charge >= 0.3 is 146 Å². The standard InChI is InChI=1S/C32H24NO.C21H22GeN.Ir/c1-21(2)23-16-17-33-30(20-23)28-13-7-12-27-29-19-26(14-15-31(29)34-32(27)28)25-11-6-10-24(18-25)22-8-4-3-5-9-22;1-16-10-11-18(14-20(16)17-8-6-5-7-9-17)21-13-12-19(15-23-21)22(2,3)4;/h3-12,14-21H,1-2H3;5-10,12-15H,1-4H3;/q2*-1;/i;1D3;. The minimum absolute atomic E-state index is 0. The van der Waals surface area contributed by atoms with Crippen LogP contribution in [-0.4, -0.2) is 23.2 Å². The number of furan rings is 1. The molecule has 0 amide bonds. The Bertz CT molecular complexity index is 2920. The zero-order chi connectivity index (χ0) is 42.0. The van der Waals surface area contributed by atoms with Gasteiger partial charge in [-0.05, 0) is 58.1 Å². The first-order valence-corrected chi connectivity index (χ1v) is 26.8. The number of nitrogens with zero attached hydrogens (tertiary/aromatic N) is 2. The van der Waals surface area contributed by atoms with Crippen molar-refractivity contribution in [2.75, 3.05) is 0 Å². The molecule has 0 N–H and O–H groups in total. The smallest absolute Gasteiger partial charge is 0 e. The van der Waals surface area contributed by atoms with E-state index in [0.717, 1.165) is 50.0 Å². The SMILES string of the molecule is CC(C)c1ccnc(-c2[c-]ccc3c2oc2ccc(-c4cccc(-c5ccccc5)c4)cc23)c1.[2H]C([2H])([2H])c1c[c-]c(-c2cc[c]([Ge]([CH3])([CH3])[CH3])cn2)cc1-c1ccccc1.[Ir]. The Balaban J connectivity index is 0.000000188. The van der Waals surface area contributed by atoms with Crippen LogP contribution in [0.3, 0.4) is 0 Å². The first-order chi connectivity index (χ1) is 28.8. The quantitative estimate of drug-likeness (QED) is 0.118. The van der Waals surface area contributed by atoms with Gasteiger partial charge in [-0.15, -0.1) is 18.2 Å². The van der Waals surface area contributed by atoms with Crippen LogP contribution in [-0.2, 0) is 20.1 Å². The Kier molecular flexibility index (Phi) is 11.2. The molecule has 0 aliphatic carbocycles. The van der Waals surface area contributed by atoms with Gasteiger partial charge in [-0.25, -0.2) is 0 Å². The van der Waals surface area contributed by atoms with Crippen LogP contribution in [0.25, 0.3) is 77.8 Å². The minimum atomic E-state index is -2.18. The van der Waals surface area contributed by atoms with Crippen molar-refractivity contribution in [3.8, 4) is 55.9 Å². The average molecular weight is 995 g/mol. The van der Waals surface area contributed by atoms with Gasteiger partial charge in [-0.2, -0.15) is 0 Å². The molecule has 1 radical (unpaired) electrons. The molecule has 3 heterocycles. The Labute approximate surface area is 363 Å². The summed E-state index contributed by atoms with van der Waals surface area (Å²) in [7, 11) is 0. The summed E-state index contributed by atoms with van der Waals surface area (Å²) in [5.41, 5.74) is 13.1. The number of benzene rings is 6. The van der Waals surface area contributed by atoms with E-state index in [1.54, 1.807) is 6.07 Å². The van der Waals surface area contributed by atoms with Crippen molar-refractivity contribution in [2.45, 2.75) is 43.9 Å². The molecule has 0 saturated carbocycles. The summed E-state index contributed by atoms with van der Waals surface area (Å²) in [4.78, 5) is 9.24. The Morgan fingerprint density at radius 2 is 1.34 bits per heavy atom. The molecule has 0 atom stereocenters. The summed E-state index contributed by atoms with van der Waals surface area (Å²) in [6.07, 6.45) is 3.83. The minimum Gasteiger partial charge on any atom is 0 e. The van der Waals surface area contributed by atoms with Crippen LogP contribution in [0.15, 0.2) is 168 Å². The second-order valence-electron chi connectivity index (χ2n) is 15.7. The maximum Gasteiger partial charge on any atom is 0 e. The predicted octanol–water partition coefficient (Wildman–Crippen LogP) is 14.0. The van der Waals surface area contributed by atoms with E-state index in [0.29, 0.717) is 17.0 Å². The van der Waals surface area contributed by atoms with Crippen molar-refractivity contribution in [1.29, 1.82) is 0 Å². The van der Waals surface area contributed by atoms with Crippen molar-refractivity contribution >= 4 is 39.6 Å². The molecular weight excluding hydrogens is 945 g/mol. The first kappa shape index (κ1) is 36.9. The molecule has 0 fully saturated rings. The van der Waals surface area contributed by atoms with Crippen LogP contribution in [0.4, 0.5) is 0 Å². The van der Waals surface area contributed by atoms with E-state index in [1.165, 1.54) is 32.2 Å². The fourth-order valence-electron chi connectivity index (χ4n) is 7.06. The number of hydrogen-bond donors (Lipinski definition) is 0. The van der Waals surface area contributed by atoms with Gasteiger partial charge in [0.15, 0.2) is 0 Å². The molecule has 289 valence electrons. The number of pyridine rings is 2. The number of fused-ring (bicyclic) bond motifs is 3. The summed E-state index contributed by atoms with van der Waals surface area (Å²) in [6, 6.07) is 57.6. The van der Waals surface area contributed by atoms with Gasteiger partial charge < -0.3 is 9.40 Å². The van der Waals surface area contributed by atoms with Crippen LogP contribution in [0.1, 0.15) is 35.0 Å². The average Bonchev–Trinajstić information content (AvgIpc) is 3.65. The molecule has 58 heavy (non-hydrogen) atoms. The summed E-state index contributed by atoms with van der Waals surface area (Å²) in [5, 5.41) is 2.19. The van der Waals surface area contributed by atoms with Crippen molar-refractivity contribution in [3.63, 3.8) is 0 Å². The number of rotatable bonds is 7. The molecule has 0 aliphatic heterocycles. The van der Waals surface area contributed by atoms with E-state index in [4.69, 9.17) is 8.53 Å². The molecule has 0 spiro atoms. The molecular formula is C53H46GeIrN2O-2. The maximum atomic E-state index is 7.84. The monoisotopic (exact) mass is 996 g/mol. The van der Waals surface area contributed by atoms with E-state index < -0.39 is 20.1 Å². The van der Waals surface area contributed by atoms with E-state index in [1.807, 2.05) is 67.0 Å². The van der Waals surface area contributed by atoms with Crippen LogP contribution in [0, 0.1) is 19.0 Å². The van der Waals surface area contributed by atoms with Crippen LogP contribution in [0.2, 0.25) is 17.3 Å². The zero-order valence-corrected chi connectivity index (χ0v) is 37.8. The van der Waals surface area contributed by atoms with Gasteiger partial charge in [0.1, 0.15) is 5.58 Å². The fourth-order valence-corrected chi connectivity index (χ4v) is 9.23. The molecule has 0 aliphatic rings. The van der Waals surface area contributed by atoms with Crippen molar-refractivity contribution in [3.05, 3.63) is 187 Å². The van der Waals surface area contributed by atoms with Gasteiger partial charge in [-0.1, -0.05) is 91.0 Å². The molecule has 5 heteroatoms. The summed E-state index contributed by atoms with van der Waals surface area (Å²) in [5.74, 6) is 7.44. The number of aryl methyl sites for hydroxylation is 1. The first-order valence-electron chi connectivity index (χ1n) is 20.9. The van der Waals surface area contributed by atoms with Crippen molar-refractivity contribution in [2.24, 2.45) is 0 Å². The summed E-state index contributed by atoms with van der Waals surface area (Å²) in [6.45, 7) is 2.20. The third kappa shape index (κ3) is 8.85. The fraction of sp³-hybridized carbons (Fsp3) is 0.132. The van der Waals surface area contributed by atoms with Crippen LogP contribution in [0.5, 0.6) is 0 Å². The topological polar surface area (TPSA) is 38.9 Å². The Morgan fingerprint density at radius 1 is 0.638 bits per heavy atom. The molecule has 0 unspecified atom stereocenters. The second kappa shape index (κ2) is 17.6. The normalized spacial score (nSPS) is 12.3. The predicted molar refractivity (Wildman–Crippen MR) is 242 cm³/mol. The molecule has 0 bridgehead atoms. The maximum absolute atomic E-state index is 7.84. The summed E-state index contributed by atoms with van der Waals surface area (Å²) >= 11 is -1.91. The largest absolute Gasteiger partial charge is 0 e. The van der Waals surface area contributed by atoms with Gasteiger partial charge in [0, 0.05) is 31.7 Å². The second-order valence-corrected chi connectivity index (χ2v) is 26.4. The molecule has 9 rings (SSSR count). The van der Waals surface area contributed by atoms with E-state index in [9.17, 15) is 0 Å². The molecule has 6 aromatic carbocycles. The van der Waals surface area contributed by atoms with Gasteiger partial charge in [0.2, 0.25) is 0 Å². The van der Waals surface area contributed by atoms with Crippen LogP contribution >= 0.6 is 0 Å². The van der Waals surface area contributed by atoms with Crippen molar-refractivity contribution < 1.29 is 28.6 Å². The van der Waals surface area contributed by atoms with Crippen LogP contribution < -0.4 is 4.40 Å². The van der Waals surface area contributed by atoms with Gasteiger partial charge in [0.25, 0.3) is 0 Å². The van der Waals surface area contributed by atoms with E-state index in [-0.39, 0.29) is 20.1 Å². The summed E-state index contributed by atoms with van der Waals surface area (Å²) < 4.78 is 31.2. The molecule has 9 aromatic rings. The van der Waals surface area contributed by atoms with Gasteiger partial charge in [-0.3, -0.25) is 0 Å². The Morgan fingerprint density at radius 3 is 2.03 bits per heavy atom. The molecule has 0 saturated heterocycles. The zero-order valence-electron chi connectivity index (χ0n) is 36.3. The number of hydrogen-bond acceptors (Lipinski definition) is 3. The van der Waals surface area contributed by atoms with E-state index >= 15 is 0 Å². The third-order valence-corrected chi connectivity index (χ3v) is 14.6. The van der Waals surface area contributed by atoms with Gasteiger partial charge in [0.05, 0.1) is 5.58 Å². The number of aromatic nitrogens is 2.